The van der Waals surface area contributed by atoms with Crippen LogP contribution >= 0.6 is 0 Å². The molecule has 1 saturated heterocycles. The molecule has 0 unspecified atom stereocenters. The lowest BCUT2D eigenvalue weighted by Gasteiger charge is -2.31. The van der Waals surface area contributed by atoms with Gasteiger partial charge in [0.25, 0.3) is 0 Å². The summed E-state index contributed by atoms with van der Waals surface area (Å²) in [4.78, 5) is 27.2. The first kappa shape index (κ1) is 17.3. The Kier molecular flexibility index (Phi) is 5.55. The molecule has 7 nitrogen and oxygen atoms in total. The van der Waals surface area contributed by atoms with Gasteiger partial charge in [0.15, 0.2) is 5.82 Å². The summed E-state index contributed by atoms with van der Waals surface area (Å²) in [7, 11) is 1.67. The van der Waals surface area contributed by atoms with Crippen LogP contribution in [-0.2, 0) is 4.79 Å². The molecule has 2 N–H and O–H groups in total. The van der Waals surface area contributed by atoms with Crippen LogP contribution in [0.5, 0.6) is 0 Å². The number of aryl methyl sites for hydroxylation is 1. The normalized spacial score (nSPS) is 15.8. The second-order valence-corrected chi connectivity index (χ2v) is 6.31. The Hall–Kier alpha value is -2.54. The van der Waals surface area contributed by atoms with Gasteiger partial charge >= 0.3 is 0 Å². The van der Waals surface area contributed by atoms with E-state index in [1.165, 1.54) is 0 Å². The van der Waals surface area contributed by atoms with Crippen molar-refractivity contribution in [3.8, 4) is 0 Å². The molecular formula is C18H24N6O. The summed E-state index contributed by atoms with van der Waals surface area (Å²) in [5.41, 5.74) is 2.05. The number of aromatic nitrogens is 3. The van der Waals surface area contributed by atoms with Gasteiger partial charge in [-0.05, 0) is 44.5 Å². The highest BCUT2D eigenvalue weighted by Crippen LogP contribution is 2.31. The van der Waals surface area contributed by atoms with Gasteiger partial charge in [0.2, 0.25) is 5.91 Å². The van der Waals surface area contributed by atoms with E-state index in [4.69, 9.17) is 0 Å². The maximum Gasteiger partial charge on any atom is 0.233 e. The fourth-order valence-electron chi connectivity index (χ4n) is 3.12. The first-order valence-corrected chi connectivity index (χ1v) is 8.60. The quantitative estimate of drug-likeness (QED) is 0.864. The molecule has 2 aromatic heterocycles. The van der Waals surface area contributed by atoms with E-state index in [1.807, 2.05) is 19.1 Å². The Morgan fingerprint density at radius 2 is 1.88 bits per heavy atom. The highest BCUT2D eigenvalue weighted by atomic mass is 16.1. The Labute approximate surface area is 147 Å². The van der Waals surface area contributed by atoms with Gasteiger partial charge in [-0.15, -0.1) is 0 Å². The van der Waals surface area contributed by atoms with Gasteiger partial charge in [0.05, 0.1) is 12.2 Å². The monoisotopic (exact) mass is 340 g/mol. The molecule has 0 aromatic carbocycles. The largest absolute Gasteiger partial charge is 0.358 e. The lowest BCUT2D eigenvalue weighted by molar-refractivity contribution is -0.122. The second-order valence-electron chi connectivity index (χ2n) is 6.31. The summed E-state index contributed by atoms with van der Waals surface area (Å²) in [6, 6.07) is 3.93. The average molecular weight is 340 g/mol. The van der Waals surface area contributed by atoms with Crippen molar-refractivity contribution >= 4 is 17.5 Å². The Balaban J connectivity index is 1.70. The zero-order chi connectivity index (χ0) is 17.6. The average Bonchev–Trinajstić information content (AvgIpc) is 2.65. The molecule has 3 rings (SSSR count). The van der Waals surface area contributed by atoms with E-state index in [2.05, 4.69) is 30.5 Å². The fourth-order valence-corrected chi connectivity index (χ4v) is 3.12. The van der Waals surface area contributed by atoms with Crippen LogP contribution < -0.4 is 10.6 Å². The summed E-state index contributed by atoms with van der Waals surface area (Å²) >= 11 is 0. The zero-order valence-electron chi connectivity index (χ0n) is 14.7. The van der Waals surface area contributed by atoms with Crippen molar-refractivity contribution in [2.24, 2.45) is 0 Å². The van der Waals surface area contributed by atoms with Gasteiger partial charge in [-0.3, -0.25) is 14.7 Å². The molecule has 1 aliphatic rings. The third kappa shape index (κ3) is 4.30. The number of hydrogen-bond donors (Lipinski definition) is 2. The number of carbonyl (C=O) groups excluding carboxylic acids is 1. The molecule has 0 saturated carbocycles. The van der Waals surface area contributed by atoms with Crippen LogP contribution in [0.3, 0.4) is 0 Å². The minimum absolute atomic E-state index is 0.0611. The van der Waals surface area contributed by atoms with E-state index in [9.17, 15) is 4.79 Å². The van der Waals surface area contributed by atoms with E-state index in [-0.39, 0.29) is 5.91 Å². The fraction of sp³-hybridized carbons (Fsp3) is 0.444. The number of likely N-dealkylation sites (tertiary alicyclic amines) is 1. The van der Waals surface area contributed by atoms with Crippen LogP contribution in [0, 0.1) is 6.92 Å². The maximum atomic E-state index is 11.5. The molecule has 132 valence electrons. The van der Waals surface area contributed by atoms with Crippen LogP contribution in [0.1, 0.15) is 30.0 Å². The summed E-state index contributed by atoms with van der Waals surface area (Å²) in [6.07, 6.45) is 7.13. The summed E-state index contributed by atoms with van der Waals surface area (Å²) in [6.45, 7) is 4.25. The van der Waals surface area contributed by atoms with Gasteiger partial charge in [-0.1, -0.05) is 6.07 Å². The van der Waals surface area contributed by atoms with Gasteiger partial charge in [0.1, 0.15) is 5.82 Å². The predicted octanol–water partition coefficient (Wildman–Crippen LogP) is 1.85. The SMILES string of the molecule is CNC(=O)CN1CCC(c2nccnc2Nc2ncccc2C)CC1. The lowest BCUT2D eigenvalue weighted by atomic mass is 9.93. The van der Waals surface area contributed by atoms with Gasteiger partial charge in [-0.25, -0.2) is 9.97 Å². The smallest absolute Gasteiger partial charge is 0.233 e. The van der Waals surface area contributed by atoms with E-state index in [1.54, 1.807) is 25.6 Å². The van der Waals surface area contributed by atoms with Crippen LogP contribution in [0.2, 0.25) is 0 Å². The van der Waals surface area contributed by atoms with Crippen molar-refractivity contribution in [1.82, 2.24) is 25.2 Å². The minimum Gasteiger partial charge on any atom is -0.358 e. The predicted molar refractivity (Wildman–Crippen MR) is 96.8 cm³/mol. The molecule has 0 radical (unpaired) electrons. The summed E-state index contributed by atoms with van der Waals surface area (Å²) < 4.78 is 0. The zero-order valence-corrected chi connectivity index (χ0v) is 14.7. The van der Waals surface area contributed by atoms with Crippen molar-refractivity contribution in [1.29, 1.82) is 0 Å². The van der Waals surface area contributed by atoms with Gasteiger partial charge in [0, 0.05) is 31.6 Å². The third-order valence-corrected chi connectivity index (χ3v) is 4.59. The molecule has 7 heteroatoms. The lowest BCUT2D eigenvalue weighted by Crippen LogP contribution is -2.40. The number of hydrogen-bond acceptors (Lipinski definition) is 6. The first-order chi connectivity index (χ1) is 12.2. The number of anilines is 2. The second kappa shape index (κ2) is 8.02. The van der Waals surface area contributed by atoms with E-state index in [0.29, 0.717) is 12.5 Å². The molecule has 0 atom stereocenters. The van der Waals surface area contributed by atoms with Crippen molar-refractivity contribution in [2.45, 2.75) is 25.7 Å². The number of pyridine rings is 1. The molecule has 0 aliphatic carbocycles. The summed E-state index contributed by atoms with van der Waals surface area (Å²) in [5.74, 6) is 1.97. The van der Waals surface area contributed by atoms with E-state index in [0.717, 1.165) is 48.8 Å². The van der Waals surface area contributed by atoms with Gasteiger partial charge in [-0.2, -0.15) is 0 Å². The van der Waals surface area contributed by atoms with Crippen LogP contribution in [0.4, 0.5) is 11.6 Å². The Morgan fingerprint density at radius 3 is 2.60 bits per heavy atom. The number of carbonyl (C=O) groups is 1. The molecule has 2 aromatic rings. The third-order valence-electron chi connectivity index (χ3n) is 4.59. The van der Waals surface area contributed by atoms with Crippen LogP contribution in [-0.4, -0.2) is 52.4 Å². The van der Waals surface area contributed by atoms with Crippen molar-refractivity contribution in [2.75, 3.05) is 32.0 Å². The minimum atomic E-state index is 0.0611. The summed E-state index contributed by atoms with van der Waals surface area (Å²) in [5, 5.41) is 6.01. The number of nitrogens with one attached hydrogen (secondary N) is 2. The molecule has 1 fully saturated rings. The van der Waals surface area contributed by atoms with Crippen molar-refractivity contribution < 1.29 is 4.79 Å². The van der Waals surface area contributed by atoms with Crippen molar-refractivity contribution in [3.63, 3.8) is 0 Å². The molecule has 0 bridgehead atoms. The first-order valence-electron chi connectivity index (χ1n) is 8.60. The van der Waals surface area contributed by atoms with E-state index < -0.39 is 0 Å². The topological polar surface area (TPSA) is 83.0 Å². The molecule has 1 aliphatic heterocycles. The number of rotatable bonds is 5. The Bertz CT molecular complexity index is 727. The molecule has 1 amide bonds. The van der Waals surface area contributed by atoms with Crippen molar-refractivity contribution in [3.05, 3.63) is 42.0 Å². The number of piperidine rings is 1. The van der Waals surface area contributed by atoms with E-state index >= 15 is 0 Å². The molecule has 0 spiro atoms. The standard InChI is InChI=1S/C18H24N6O/c1-13-4-3-7-21-17(13)23-18-16(20-8-9-22-18)14-5-10-24(11-6-14)12-15(25)19-2/h3-4,7-9,14H,5-6,10-12H2,1-2H3,(H,19,25)(H,21,22,23). The van der Waals surface area contributed by atoms with Crippen LogP contribution in [0.25, 0.3) is 0 Å². The highest BCUT2D eigenvalue weighted by Gasteiger charge is 2.25. The molecular weight excluding hydrogens is 316 g/mol. The molecule has 25 heavy (non-hydrogen) atoms. The molecule has 3 heterocycles. The highest BCUT2D eigenvalue weighted by molar-refractivity contribution is 5.77. The van der Waals surface area contributed by atoms with Gasteiger partial charge < -0.3 is 10.6 Å². The van der Waals surface area contributed by atoms with Crippen LogP contribution in [0.15, 0.2) is 30.7 Å². The number of nitrogens with zero attached hydrogens (tertiary/aromatic N) is 4. The Morgan fingerprint density at radius 1 is 1.16 bits per heavy atom. The number of amides is 1. The maximum absolute atomic E-state index is 11.5. The number of likely N-dealkylation sites (N-methyl/N-ethyl adjacent to an activating group) is 1.